The molecule has 5 rings (SSSR count). The van der Waals surface area contributed by atoms with E-state index in [4.69, 9.17) is 9.84 Å². The molecule has 3 N–H and O–H groups in total. The second kappa shape index (κ2) is 10.3. The zero-order valence-corrected chi connectivity index (χ0v) is 21.2. The van der Waals surface area contributed by atoms with Crippen LogP contribution in [0.5, 0.6) is 5.75 Å². The van der Waals surface area contributed by atoms with E-state index in [1.54, 1.807) is 4.68 Å². The number of carbonyl (C=O) groups excluding carboxylic acids is 1. The molecule has 8 nitrogen and oxygen atoms in total. The largest absolute Gasteiger partial charge is 0.573 e. The van der Waals surface area contributed by atoms with Crippen LogP contribution < -0.4 is 20.7 Å². The van der Waals surface area contributed by atoms with Gasteiger partial charge in [0.25, 0.3) is 0 Å². The number of para-hydroxylation sites is 1. The number of aromatic nitrogens is 2. The minimum absolute atomic E-state index is 0.176. The van der Waals surface area contributed by atoms with Crippen LogP contribution in [0.15, 0.2) is 48.5 Å². The molecule has 1 saturated carbocycles. The van der Waals surface area contributed by atoms with Gasteiger partial charge in [0.2, 0.25) is 0 Å². The number of anilines is 1. The number of methoxy groups -OCH3 is 1. The number of urea groups is 1. The number of hydrogen-bond acceptors (Lipinski definition) is 5. The Kier molecular flexibility index (Phi) is 7.06. The molecular formula is C27H30F3N5O3. The van der Waals surface area contributed by atoms with Gasteiger partial charge in [-0.2, -0.15) is 5.10 Å². The molecule has 38 heavy (non-hydrogen) atoms. The highest BCUT2D eigenvalue weighted by molar-refractivity contribution is 5.89. The fraction of sp³-hybridized carbons (Fsp3) is 0.407. The molecule has 0 radical (unpaired) electrons. The van der Waals surface area contributed by atoms with Crippen LogP contribution in [-0.4, -0.2) is 42.4 Å². The lowest BCUT2D eigenvalue weighted by Gasteiger charge is -2.54. The van der Waals surface area contributed by atoms with E-state index in [0.29, 0.717) is 22.7 Å². The summed E-state index contributed by atoms with van der Waals surface area (Å²) in [5.74, 6) is 0.461. The molecule has 2 aliphatic rings. The molecule has 2 heterocycles. The zero-order valence-electron chi connectivity index (χ0n) is 21.2. The van der Waals surface area contributed by atoms with Gasteiger partial charge < -0.3 is 20.1 Å². The third-order valence-electron chi connectivity index (χ3n) is 7.24. The van der Waals surface area contributed by atoms with Crippen molar-refractivity contribution >= 4 is 11.8 Å². The number of nitrogens with zero attached hydrogens (tertiary/aromatic N) is 2. The number of halogens is 3. The minimum Gasteiger partial charge on any atom is -0.405 e. The molecular weight excluding hydrogens is 499 g/mol. The van der Waals surface area contributed by atoms with Gasteiger partial charge in [-0.05, 0) is 55.0 Å². The maximum absolute atomic E-state index is 13.0. The Labute approximate surface area is 218 Å². The van der Waals surface area contributed by atoms with Gasteiger partial charge in [0.15, 0.2) is 0 Å². The van der Waals surface area contributed by atoms with Crippen molar-refractivity contribution in [2.75, 3.05) is 25.5 Å². The van der Waals surface area contributed by atoms with Gasteiger partial charge in [-0.3, -0.25) is 5.32 Å². The average Bonchev–Trinajstić information content (AvgIpc) is 3.13. The van der Waals surface area contributed by atoms with Crippen molar-refractivity contribution in [3.8, 4) is 11.4 Å². The van der Waals surface area contributed by atoms with Gasteiger partial charge in [-0.25, -0.2) is 9.48 Å². The summed E-state index contributed by atoms with van der Waals surface area (Å²) in [5, 5.41) is 13.8. The number of amides is 2. The van der Waals surface area contributed by atoms with E-state index in [-0.39, 0.29) is 24.5 Å². The quantitative estimate of drug-likeness (QED) is 0.382. The van der Waals surface area contributed by atoms with Gasteiger partial charge in [0.05, 0.1) is 18.0 Å². The first kappa shape index (κ1) is 26.1. The maximum atomic E-state index is 13.0. The van der Waals surface area contributed by atoms with E-state index in [0.717, 1.165) is 42.9 Å². The zero-order chi connectivity index (χ0) is 26.9. The molecule has 202 valence electrons. The lowest BCUT2D eigenvalue weighted by Crippen LogP contribution is -2.59. The number of alkyl halides is 3. The van der Waals surface area contributed by atoms with Crippen LogP contribution >= 0.6 is 0 Å². The third-order valence-corrected chi connectivity index (χ3v) is 7.24. The molecule has 2 amide bonds. The Morgan fingerprint density at radius 2 is 1.92 bits per heavy atom. The van der Waals surface area contributed by atoms with Gasteiger partial charge in [0.1, 0.15) is 11.6 Å². The van der Waals surface area contributed by atoms with Gasteiger partial charge in [-0.1, -0.05) is 24.3 Å². The second-order valence-corrected chi connectivity index (χ2v) is 10.0. The van der Waals surface area contributed by atoms with Crippen molar-refractivity contribution < 1.29 is 27.4 Å². The molecule has 3 aromatic rings. The summed E-state index contributed by atoms with van der Waals surface area (Å²) in [5.41, 5.74) is 3.82. The normalized spacial score (nSPS) is 16.6. The van der Waals surface area contributed by atoms with Crippen LogP contribution in [-0.2, 0) is 17.9 Å². The Hall–Kier alpha value is -3.57. The summed E-state index contributed by atoms with van der Waals surface area (Å²) in [6, 6.07) is 13.1. The van der Waals surface area contributed by atoms with Crippen LogP contribution in [0.3, 0.4) is 0 Å². The highest BCUT2D eigenvalue weighted by Gasteiger charge is 2.50. The average molecular weight is 530 g/mol. The number of carbonyl (C=O) groups is 1. The van der Waals surface area contributed by atoms with Crippen molar-refractivity contribution in [2.45, 2.75) is 45.2 Å². The number of ether oxygens (including phenoxy) is 2. The molecule has 2 aromatic carbocycles. The van der Waals surface area contributed by atoms with Crippen molar-refractivity contribution in [2.24, 2.45) is 5.41 Å². The fourth-order valence-corrected chi connectivity index (χ4v) is 5.33. The molecule has 1 aromatic heterocycles. The van der Waals surface area contributed by atoms with Crippen LogP contribution in [0.25, 0.3) is 5.69 Å². The molecule has 0 atom stereocenters. The first-order valence-corrected chi connectivity index (χ1v) is 12.4. The number of nitrogens with one attached hydrogen (secondary N) is 3. The molecule has 1 spiro atoms. The Balaban J connectivity index is 1.35. The smallest absolute Gasteiger partial charge is 0.405 e. The van der Waals surface area contributed by atoms with E-state index < -0.39 is 12.4 Å². The highest BCUT2D eigenvalue weighted by Crippen LogP contribution is 2.54. The van der Waals surface area contributed by atoms with E-state index in [2.05, 4.69) is 20.7 Å². The Morgan fingerprint density at radius 3 is 2.55 bits per heavy atom. The maximum Gasteiger partial charge on any atom is 0.573 e. The van der Waals surface area contributed by atoms with Gasteiger partial charge in [0, 0.05) is 43.8 Å². The van der Waals surface area contributed by atoms with Gasteiger partial charge in [-0.15, -0.1) is 13.2 Å². The summed E-state index contributed by atoms with van der Waals surface area (Å²) in [7, 11) is 1.49. The predicted octanol–water partition coefficient (Wildman–Crippen LogP) is 5.01. The monoisotopic (exact) mass is 529 g/mol. The van der Waals surface area contributed by atoms with E-state index in [1.807, 2.05) is 37.3 Å². The third kappa shape index (κ3) is 5.48. The van der Waals surface area contributed by atoms with Crippen LogP contribution in [0, 0.1) is 12.3 Å². The fourth-order valence-electron chi connectivity index (χ4n) is 5.33. The molecule has 0 unspecified atom stereocenters. The first-order valence-electron chi connectivity index (χ1n) is 12.4. The lowest BCUT2D eigenvalue weighted by molar-refractivity contribution is -0.274. The summed E-state index contributed by atoms with van der Waals surface area (Å²) in [6.07, 6.45) is -2.75. The van der Waals surface area contributed by atoms with Crippen LogP contribution in [0.4, 0.5) is 23.8 Å². The van der Waals surface area contributed by atoms with Crippen molar-refractivity contribution in [1.29, 1.82) is 0 Å². The Morgan fingerprint density at radius 1 is 1.18 bits per heavy atom. The predicted molar refractivity (Wildman–Crippen MR) is 135 cm³/mol. The molecule has 2 fully saturated rings. The lowest BCUT2D eigenvalue weighted by atomic mass is 9.57. The second-order valence-electron chi connectivity index (χ2n) is 10.0. The van der Waals surface area contributed by atoms with E-state index in [1.165, 1.54) is 25.3 Å². The molecule has 1 aliphatic carbocycles. The molecule has 11 heteroatoms. The van der Waals surface area contributed by atoms with E-state index in [9.17, 15) is 18.0 Å². The number of hydrogen-bond donors (Lipinski definition) is 3. The molecule has 1 saturated heterocycles. The molecule has 1 aliphatic heterocycles. The van der Waals surface area contributed by atoms with Crippen LogP contribution in [0.1, 0.15) is 41.1 Å². The Bertz CT molecular complexity index is 1300. The minimum atomic E-state index is -4.86. The van der Waals surface area contributed by atoms with E-state index >= 15 is 0 Å². The van der Waals surface area contributed by atoms with Crippen molar-refractivity contribution in [3.05, 3.63) is 70.9 Å². The van der Waals surface area contributed by atoms with Crippen LogP contribution in [0.2, 0.25) is 0 Å². The summed E-state index contributed by atoms with van der Waals surface area (Å²) >= 11 is 0. The van der Waals surface area contributed by atoms with Crippen molar-refractivity contribution in [3.63, 3.8) is 0 Å². The van der Waals surface area contributed by atoms with Crippen molar-refractivity contribution in [1.82, 2.24) is 20.4 Å². The van der Waals surface area contributed by atoms with Gasteiger partial charge >= 0.3 is 12.4 Å². The molecule has 0 bridgehead atoms. The number of benzene rings is 2. The summed E-state index contributed by atoms with van der Waals surface area (Å²) in [6.45, 7) is 4.02. The first-order chi connectivity index (χ1) is 18.2. The number of rotatable bonds is 8. The standard InChI is InChI=1S/C27H30F3N5O3/c1-17-23(20-11-26(12-20)15-31-16-26)34-35(21-6-4-3-5-7-21)24(17)33-25(36)32-13-19-10-18(14-37-2)8-9-22(19)38-27(28,29)30/h3-10,20,31H,11-16H2,1-2H3,(H2,32,33,36). The SMILES string of the molecule is COCc1ccc(OC(F)(F)F)c(CNC(=O)Nc2c(C)c(C3CC4(CNC4)C3)nn2-c2ccccc2)c1. The highest BCUT2D eigenvalue weighted by atomic mass is 19.4. The topological polar surface area (TPSA) is 89.4 Å². The summed E-state index contributed by atoms with van der Waals surface area (Å²) in [4.78, 5) is 13.0. The summed E-state index contributed by atoms with van der Waals surface area (Å²) < 4.78 is 49.7.